The quantitative estimate of drug-likeness (QED) is 0.750. The van der Waals surface area contributed by atoms with Crippen molar-refractivity contribution < 1.29 is 24.2 Å². The second-order valence-corrected chi connectivity index (χ2v) is 6.24. The van der Waals surface area contributed by atoms with Crippen molar-refractivity contribution >= 4 is 11.9 Å². The van der Waals surface area contributed by atoms with Crippen molar-refractivity contribution in [2.75, 3.05) is 20.8 Å². The average Bonchev–Trinajstić information content (AvgIpc) is 3.41. The molecule has 24 heavy (non-hydrogen) atoms. The van der Waals surface area contributed by atoms with E-state index in [4.69, 9.17) is 14.6 Å². The SMILES string of the molecule is COc1cc(CCC(=O)N(CC(C)C(=O)O)C2CC2)cc(OC)c1. The van der Waals surface area contributed by atoms with Crippen LogP contribution in [-0.4, -0.2) is 48.7 Å². The summed E-state index contributed by atoms with van der Waals surface area (Å²) in [5.41, 5.74) is 0.960. The van der Waals surface area contributed by atoms with E-state index in [0.29, 0.717) is 24.3 Å². The highest BCUT2D eigenvalue weighted by Gasteiger charge is 2.34. The third-order valence-electron chi connectivity index (χ3n) is 4.24. The fourth-order valence-electron chi connectivity index (χ4n) is 2.62. The molecule has 1 fully saturated rings. The zero-order chi connectivity index (χ0) is 17.7. The van der Waals surface area contributed by atoms with Crippen LogP contribution < -0.4 is 9.47 Å². The number of benzene rings is 1. The maximum Gasteiger partial charge on any atom is 0.308 e. The van der Waals surface area contributed by atoms with Gasteiger partial charge in [0.15, 0.2) is 0 Å². The maximum absolute atomic E-state index is 12.5. The Kier molecular flexibility index (Phi) is 6.06. The normalized spacial score (nSPS) is 14.8. The van der Waals surface area contributed by atoms with Crippen LogP contribution in [0.3, 0.4) is 0 Å². The molecule has 6 nitrogen and oxygen atoms in total. The first kappa shape index (κ1) is 18.1. The Balaban J connectivity index is 1.99. The molecule has 1 N–H and O–H groups in total. The summed E-state index contributed by atoms with van der Waals surface area (Å²) in [5, 5.41) is 9.07. The summed E-state index contributed by atoms with van der Waals surface area (Å²) >= 11 is 0. The molecule has 1 aromatic rings. The molecule has 1 aliphatic carbocycles. The second-order valence-electron chi connectivity index (χ2n) is 6.24. The minimum absolute atomic E-state index is 0.00684. The van der Waals surface area contributed by atoms with E-state index in [9.17, 15) is 9.59 Å². The molecule has 0 aromatic heterocycles. The van der Waals surface area contributed by atoms with Crippen LogP contribution in [0.1, 0.15) is 31.7 Å². The van der Waals surface area contributed by atoms with Crippen molar-refractivity contribution in [1.29, 1.82) is 0 Å². The van der Waals surface area contributed by atoms with Crippen LogP contribution in [0.2, 0.25) is 0 Å². The Morgan fingerprint density at radius 1 is 1.21 bits per heavy atom. The Hall–Kier alpha value is -2.24. The maximum atomic E-state index is 12.5. The third-order valence-corrected chi connectivity index (χ3v) is 4.24. The van der Waals surface area contributed by atoms with Crippen LogP contribution in [0.4, 0.5) is 0 Å². The van der Waals surface area contributed by atoms with Crippen LogP contribution >= 0.6 is 0 Å². The van der Waals surface area contributed by atoms with Gasteiger partial charge in [-0.25, -0.2) is 0 Å². The minimum Gasteiger partial charge on any atom is -0.497 e. The summed E-state index contributed by atoms with van der Waals surface area (Å²) < 4.78 is 10.5. The van der Waals surface area contributed by atoms with Gasteiger partial charge in [-0.05, 0) is 37.0 Å². The molecular formula is C18H25NO5. The summed E-state index contributed by atoms with van der Waals surface area (Å²) in [4.78, 5) is 25.3. The van der Waals surface area contributed by atoms with Crippen molar-refractivity contribution in [3.05, 3.63) is 23.8 Å². The highest BCUT2D eigenvalue weighted by atomic mass is 16.5. The molecule has 1 unspecified atom stereocenters. The predicted molar refractivity (Wildman–Crippen MR) is 89.4 cm³/mol. The Morgan fingerprint density at radius 3 is 2.25 bits per heavy atom. The predicted octanol–water partition coefficient (Wildman–Crippen LogP) is 2.35. The fraction of sp³-hybridized carbons (Fsp3) is 0.556. The van der Waals surface area contributed by atoms with E-state index in [-0.39, 0.29) is 18.5 Å². The lowest BCUT2D eigenvalue weighted by Crippen LogP contribution is -2.38. The number of nitrogens with zero attached hydrogens (tertiary/aromatic N) is 1. The molecule has 0 aliphatic heterocycles. The van der Waals surface area contributed by atoms with Crippen LogP contribution in [0, 0.1) is 5.92 Å². The number of carbonyl (C=O) groups excluding carboxylic acids is 1. The molecule has 2 rings (SSSR count). The summed E-state index contributed by atoms with van der Waals surface area (Å²) in [6.45, 7) is 1.91. The molecule has 0 radical (unpaired) electrons. The van der Waals surface area contributed by atoms with Crippen LogP contribution in [0.5, 0.6) is 11.5 Å². The highest BCUT2D eigenvalue weighted by molar-refractivity contribution is 5.78. The van der Waals surface area contributed by atoms with Crippen LogP contribution in [-0.2, 0) is 16.0 Å². The van der Waals surface area contributed by atoms with Gasteiger partial charge < -0.3 is 19.5 Å². The first-order chi connectivity index (χ1) is 11.4. The topological polar surface area (TPSA) is 76.1 Å². The van der Waals surface area contributed by atoms with Gasteiger partial charge in [-0.2, -0.15) is 0 Å². The van der Waals surface area contributed by atoms with Crippen molar-refractivity contribution in [3.8, 4) is 11.5 Å². The lowest BCUT2D eigenvalue weighted by atomic mass is 10.1. The van der Waals surface area contributed by atoms with Gasteiger partial charge >= 0.3 is 5.97 Å². The van der Waals surface area contributed by atoms with E-state index in [1.165, 1.54) is 0 Å². The summed E-state index contributed by atoms with van der Waals surface area (Å²) in [5.74, 6) is -0.0319. The lowest BCUT2D eigenvalue weighted by molar-refractivity contribution is -0.143. The molecule has 1 atom stereocenters. The van der Waals surface area contributed by atoms with Crippen molar-refractivity contribution in [3.63, 3.8) is 0 Å². The Morgan fingerprint density at radius 2 is 1.79 bits per heavy atom. The summed E-state index contributed by atoms with van der Waals surface area (Å²) in [7, 11) is 3.18. The standard InChI is InChI=1S/C18H25NO5/c1-12(18(21)22)11-19(14-5-6-14)17(20)7-4-13-8-15(23-2)10-16(9-13)24-3/h8-10,12,14H,4-7,11H2,1-3H3,(H,21,22). The minimum atomic E-state index is -0.869. The Bertz CT molecular complexity index is 575. The number of aliphatic carboxylic acids is 1. The van der Waals surface area contributed by atoms with Crippen molar-refractivity contribution in [2.24, 2.45) is 5.92 Å². The van der Waals surface area contributed by atoms with Gasteiger partial charge in [0.1, 0.15) is 11.5 Å². The largest absolute Gasteiger partial charge is 0.497 e. The second kappa shape index (κ2) is 8.04. The number of methoxy groups -OCH3 is 2. The van der Waals surface area contributed by atoms with Gasteiger partial charge in [0.05, 0.1) is 20.1 Å². The van der Waals surface area contributed by atoms with E-state index in [2.05, 4.69) is 0 Å². The van der Waals surface area contributed by atoms with Gasteiger partial charge in [-0.3, -0.25) is 9.59 Å². The number of rotatable bonds is 9. The number of carboxylic acid groups (broad SMARTS) is 1. The van der Waals surface area contributed by atoms with E-state index in [1.807, 2.05) is 12.1 Å². The summed E-state index contributed by atoms with van der Waals surface area (Å²) in [6.07, 6.45) is 2.84. The van der Waals surface area contributed by atoms with Crippen LogP contribution in [0.25, 0.3) is 0 Å². The van der Waals surface area contributed by atoms with E-state index < -0.39 is 11.9 Å². The van der Waals surface area contributed by atoms with Crippen molar-refractivity contribution in [1.82, 2.24) is 4.90 Å². The van der Waals surface area contributed by atoms with E-state index in [1.54, 1.807) is 32.1 Å². The molecule has 1 aliphatic rings. The molecule has 1 amide bonds. The number of carbonyl (C=O) groups is 2. The number of ether oxygens (including phenoxy) is 2. The molecule has 6 heteroatoms. The zero-order valence-corrected chi connectivity index (χ0v) is 14.4. The Labute approximate surface area is 142 Å². The number of carboxylic acids is 1. The highest BCUT2D eigenvalue weighted by Crippen LogP contribution is 2.29. The zero-order valence-electron chi connectivity index (χ0n) is 14.4. The number of amides is 1. The summed E-state index contributed by atoms with van der Waals surface area (Å²) in [6, 6.07) is 5.77. The van der Waals surface area contributed by atoms with Gasteiger partial charge in [-0.1, -0.05) is 6.92 Å². The monoisotopic (exact) mass is 335 g/mol. The fourth-order valence-corrected chi connectivity index (χ4v) is 2.62. The third kappa shape index (κ3) is 4.88. The number of aryl methyl sites for hydroxylation is 1. The van der Waals surface area contributed by atoms with Gasteiger partial charge in [-0.15, -0.1) is 0 Å². The van der Waals surface area contributed by atoms with Gasteiger partial charge in [0, 0.05) is 25.1 Å². The first-order valence-electron chi connectivity index (χ1n) is 8.18. The molecule has 0 heterocycles. The molecule has 0 bridgehead atoms. The average molecular weight is 335 g/mol. The van der Waals surface area contributed by atoms with Gasteiger partial charge in [0.25, 0.3) is 0 Å². The van der Waals surface area contributed by atoms with Crippen molar-refractivity contribution in [2.45, 2.75) is 38.6 Å². The lowest BCUT2D eigenvalue weighted by Gasteiger charge is -2.24. The molecule has 1 saturated carbocycles. The molecular weight excluding hydrogens is 310 g/mol. The van der Waals surface area contributed by atoms with E-state index in [0.717, 1.165) is 18.4 Å². The molecule has 0 spiro atoms. The van der Waals surface area contributed by atoms with Crippen LogP contribution in [0.15, 0.2) is 18.2 Å². The molecule has 0 saturated heterocycles. The smallest absolute Gasteiger partial charge is 0.308 e. The molecule has 1 aromatic carbocycles. The van der Waals surface area contributed by atoms with E-state index >= 15 is 0 Å². The number of hydrogen-bond acceptors (Lipinski definition) is 4. The molecule has 132 valence electrons. The number of hydrogen-bond donors (Lipinski definition) is 1. The van der Waals surface area contributed by atoms with Gasteiger partial charge in [0.2, 0.25) is 5.91 Å². The first-order valence-corrected chi connectivity index (χ1v) is 8.18.